The van der Waals surface area contributed by atoms with Gasteiger partial charge < -0.3 is 14.3 Å². The molecule has 1 N–H and O–H groups in total. The summed E-state index contributed by atoms with van der Waals surface area (Å²) in [6.45, 7) is 5.14. The molecule has 2 aromatic rings. The maximum Gasteiger partial charge on any atom is 0.130 e. The molecule has 4 heteroatoms. The Hall–Kier alpha value is -1.55. The lowest BCUT2D eigenvalue weighted by molar-refractivity contribution is 0.499. The van der Waals surface area contributed by atoms with Gasteiger partial charge in [0.25, 0.3) is 0 Å². The zero-order valence-electron chi connectivity index (χ0n) is 10.6. The van der Waals surface area contributed by atoms with Gasteiger partial charge in [-0.1, -0.05) is 6.92 Å². The number of rotatable bonds is 5. The summed E-state index contributed by atoms with van der Waals surface area (Å²) in [4.78, 5) is 4.45. The third-order valence-electron chi connectivity index (χ3n) is 3.05. The molecule has 92 valence electrons. The van der Waals surface area contributed by atoms with E-state index in [1.54, 1.807) is 6.26 Å². The molecule has 1 unspecified atom stereocenters. The first-order chi connectivity index (χ1) is 8.31. The van der Waals surface area contributed by atoms with Gasteiger partial charge in [0.2, 0.25) is 0 Å². The van der Waals surface area contributed by atoms with Crippen molar-refractivity contribution in [1.82, 2.24) is 14.9 Å². The molecule has 0 saturated carbocycles. The fourth-order valence-corrected chi connectivity index (χ4v) is 2.17. The molecule has 0 aliphatic carbocycles. The summed E-state index contributed by atoms with van der Waals surface area (Å²) in [6, 6.07) is 2.12. The van der Waals surface area contributed by atoms with E-state index < -0.39 is 0 Å². The molecule has 0 aliphatic heterocycles. The lowest BCUT2D eigenvalue weighted by Crippen LogP contribution is -2.22. The largest absolute Gasteiger partial charge is 0.469 e. The number of hydrogen-bond acceptors (Lipinski definition) is 3. The van der Waals surface area contributed by atoms with E-state index in [1.165, 1.54) is 5.56 Å². The van der Waals surface area contributed by atoms with Crippen LogP contribution in [0.3, 0.4) is 0 Å². The van der Waals surface area contributed by atoms with Crippen molar-refractivity contribution >= 4 is 0 Å². The molecule has 1 atom stereocenters. The Balaban J connectivity index is 2.40. The topological polar surface area (TPSA) is 43.0 Å². The van der Waals surface area contributed by atoms with E-state index >= 15 is 0 Å². The smallest absolute Gasteiger partial charge is 0.130 e. The van der Waals surface area contributed by atoms with Crippen LogP contribution >= 0.6 is 0 Å². The predicted octanol–water partition coefficient (Wildman–Crippen LogP) is 2.37. The van der Waals surface area contributed by atoms with E-state index in [0.29, 0.717) is 0 Å². The lowest BCUT2D eigenvalue weighted by Gasteiger charge is -2.17. The van der Waals surface area contributed by atoms with Crippen LogP contribution in [0, 0.1) is 0 Å². The van der Waals surface area contributed by atoms with Gasteiger partial charge in [0.05, 0.1) is 12.3 Å². The monoisotopic (exact) mass is 233 g/mol. The zero-order valence-corrected chi connectivity index (χ0v) is 10.6. The van der Waals surface area contributed by atoms with Gasteiger partial charge in [0.1, 0.15) is 11.6 Å². The minimum atomic E-state index is 0.0960. The van der Waals surface area contributed by atoms with Crippen molar-refractivity contribution in [3.05, 3.63) is 41.9 Å². The van der Waals surface area contributed by atoms with Crippen LogP contribution in [0.5, 0.6) is 0 Å². The summed E-state index contributed by atoms with van der Waals surface area (Å²) in [7, 11) is 1.95. The Morgan fingerprint density at radius 3 is 2.94 bits per heavy atom. The first kappa shape index (κ1) is 11.9. The van der Waals surface area contributed by atoms with Crippen molar-refractivity contribution in [3.63, 3.8) is 0 Å². The summed E-state index contributed by atoms with van der Waals surface area (Å²) in [5.74, 6) is 2.06. The second kappa shape index (κ2) is 5.19. The first-order valence-corrected chi connectivity index (χ1v) is 6.06. The number of furan rings is 1. The van der Waals surface area contributed by atoms with Crippen LogP contribution < -0.4 is 5.32 Å². The molecule has 4 nitrogen and oxygen atoms in total. The van der Waals surface area contributed by atoms with Gasteiger partial charge in [-0.05, 0) is 20.0 Å². The van der Waals surface area contributed by atoms with Gasteiger partial charge in [-0.25, -0.2) is 4.98 Å². The van der Waals surface area contributed by atoms with Crippen molar-refractivity contribution in [1.29, 1.82) is 0 Å². The van der Waals surface area contributed by atoms with Crippen molar-refractivity contribution in [2.75, 3.05) is 7.05 Å². The number of aromatic nitrogens is 2. The number of hydrogen-bond donors (Lipinski definition) is 1. The highest BCUT2D eigenvalue weighted by Crippen LogP contribution is 2.25. The molecule has 0 spiro atoms. The molecule has 17 heavy (non-hydrogen) atoms. The van der Waals surface area contributed by atoms with E-state index in [9.17, 15) is 0 Å². The summed E-state index contributed by atoms with van der Waals surface area (Å²) in [5.41, 5.74) is 1.18. The molecule has 0 aliphatic rings. The summed E-state index contributed by atoms with van der Waals surface area (Å²) in [5, 5.41) is 3.31. The van der Waals surface area contributed by atoms with E-state index in [1.807, 2.05) is 25.5 Å². The third kappa shape index (κ3) is 2.13. The van der Waals surface area contributed by atoms with Crippen molar-refractivity contribution in [2.45, 2.75) is 32.9 Å². The minimum Gasteiger partial charge on any atom is -0.469 e. The van der Waals surface area contributed by atoms with Crippen LogP contribution in [0.2, 0.25) is 0 Å². The fourth-order valence-electron chi connectivity index (χ4n) is 2.17. The Bertz CT molecular complexity index is 430. The average Bonchev–Trinajstić information content (AvgIpc) is 2.98. The maximum absolute atomic E-state index is 5.49. The second-order valence-electron chi connectivity index (χ2n) is 3.95. The standard InChI is InChI=1S/C13H19N3O/c1-4-11-10(6-9-17-11)12(14-3)13-15-7-8-16(13)5-2/h6-9,12,14H,4-5H2,1-3H3. The molecule has 0 bridgehead atoms. The normalized spacial score (nSPS) is 12.9. The van der Waals surface area contributed by atoms with Crippen molar-refractivity contribution in [2.24, 2.45) is 0 Å². The Labute approximate surface area is 102 Å². The van der Waals surface area contributed by atoms with E-state index in [4.69, 9.17) is 4.42 Å². The van der Waals surface area contributed by atoms with E-state index in [0.717, 1.165) is 24.6 Å². The summed E-state index contributed by atoms with van der Waals surface area (Å²) < 4.78 is 7.64. The molecular formula is C13H19N3O. The lowest BCUT2D eigenvalue weighted by atomic mass is 10.1. The van der Waals surface area contributed by atoms with Crippen LogP contribution in [-0.4, -0.2) is 16.6 Å². The van der Waals surface area contributed by atoms with E-state index in [2.05, 4.69) is 28.7 Å². The average molecular weight is 233 g/mol. The van der Waals surface area contributed by atoms with Gasteiger partial charge in [0, 0.05) is 30.9 Å². The van der Waals surface area contributed by atoms with Gasteiger partial charge >= 0.3 is 0 Å². The molecule has 0 aromatic carbocycles. The highest BCUT2D eigenvalue weighted by molar-refractivity contribution is 5.27. The van der Waals surface area contributed by atoms with Gasteiger partial charge in [-0.2, -0.15) is 0 Å². The van der Waals surface area contributed by atoms with Gasteiger partial charge in [0.15, 0.2) is 0 Å². The Kier molecular flexibility index (Phi) is 3.64. The Morgan fingerprint density at radius 1 is 1.47 bits per heavy atom. The van der Waals surface area contributed by atoms with Crippen molar-refractivity contribution < 1.29 is 4.42 Å². The molecule has 0 radical (unpaired) electrons. The van der Waals surface area contributed by atoms with Crippen LogP contribution in [0.15, 0.2) is 29.1 Å². The van der Waals surface area contributed by atoms with Crippen LogP contribution in [0.1, 0.15) is 37.0 Å². The number of nitrogens with zero attached hydrogens (tertiary/aromatic N) is 2. The third-order valence-corrected chi connectivity index (χ3v) is 3.05. The molecule has 0 fully saturated rings. The molecule has 2 rings (SSSR count). The number of imidazole rings is 1. The zero-order chi connectivity index (χ0) is 12.3. The van der Waals surface area contributed by atoms with Crippen LogP contribution in [0.4, 0.5) is 0 Å². The first-order valence-electron chi connectivity index (χ1n) is 6.06. The highest BCUT2D eigenvalue weighted by Gasteiger charge is 2.21. The van der Waals surface area contributed by atoms with E-state index in [-0.39, 0.29) is 6.04 Å². The fraction of sp³-hybridized carbons (Fsp3) is 0.462. The molecule has 2 heterocycles. The second-order valence-corrected chi connectivity index (χ2v) is 3.95. The minimum absolute atomic E-state index is 0.0960. The van der Waals surface area contributed by atoms with Crippen molar-refractivity contribution in [3.8, 4) is 0 Å². The SMILES string of the molecule is CCc1occc1C(NC)c1nccn1CC. The molecule has 2 aromatic heterocycles. The number of aryl methyl sites for hydroxylation is 2. The number of nitrogens with one attached hydrogen (secondary N) is 1. The van der Waals surface area contributed by atoms with Gasteiger partial charge in [-0.3, -0.25) is 0 Å². The Morgan fingerprint density at radius 2 is 2.29 bits per heavy atom. The molecule has 0 amide bonds. The van der Waals surface area contributed by atoms with Crippen LogP contribution in [0.25, 0.3) is 0 Å². The van der Waals surface area contributed by atoms with Gasteiger partial charge in [-0.15, -0.1) is 0 Å². The van der Waals surface area contributed by atoms with Crippen LogP contribution in [-0.2, 0) is 13.0 Å². The maximum atomic E-state index is 5.49. The molecule has 0 saturated heterocycles. The summed E-state index contributed by atoms with van der Waals surface area (Å²) in [6.07, 6.45) is 6.49. The predicted molar refractivity (Wildman–Crippen MR) is 66.9 cm³/mol. The summed E-state index contributed by atoms with van der Waals surface area (Å²) >= 11 is 0. The molecular weight excluding hydrogens is 214 g/mol. The quantitative estimate of drug-likeness (QED) is 0.862. The highest BCUT2D eigenvalue weighted by atomic mass is 16.3.